The van der Waals surface area contributed by atoms with E-state index in [2.05, 4.69) is 13.8 Å². The van der Waals surface area contributed by atoms with Gasteiger partial charge in [0.1, 0.15) is 23.0 Å². The lowest BCUT2D eigenvalue weighted by atomic mass is 9.71. The molecule has 1 heterocycles. The monoisotopic (exact) mass is 748 g/mol. The van der Waals surface area contributed by atoms with Gasteiger partial charge in [0.05, 0.1) is 9.75 Å². The summed E-state index contributed by atoms with van der Waals surface area (Å²) >= 11 is 1.39. The molecule has 7 rings (SSSR count). The first-order chi connectivity index (χ1) is 26.4. The molecule has 0 radical (unpaired) electrons. The number of thiophene rings is 1. The molecule has 6 N–H and O–H groups in total. The minimum Gasteiger partial charge on any atom is -0.508 e. The van der Waals surface area contributed by atoms with Crippen molar-refractivity contribution >= 4 is 35.1 Å². The van der Waals surface area contributed by atoms with E-state index in [1.807, 2.05) is 109 Å². The number of benzene rings is 6. The van der Waals surface area contributed by atoms with Gasteiger partial charge >= 0.3 is 0 Å². The molecule has 0 unspecified atom stereocenters. The predicted octanol–water partition coefficient (Wildman–Crippen LogP) is 9.58. The summed E-state index contributed by atoms with van der Waals surface area (Å²) in [5.41, 5.74) is 5.60. The molecular weight excluding hydrogens is 709 g/mol. The average molecular weight is 749 g/mol. The highest BCUT2D eigenvalue weighted by atomic mass is 32.1. The van der Waals surface area contributed by atoms with E-state index in [0.29, 0.717) is 11.4 Å². The maximum atomic E-state index is 11.0. The molecule has 0 bridgehead atoms. The van der Waals surface area contributed by atoms with Crippen LogP contribution in [0.15, 0.2) is 158 Å². The van der Waals surface area contributed by atoms with Crippen LogP contribution in [-0.2, 0) is 10.8 Å². The van der Waals surface area contributed by atoms with E-state index in [1.54, 1.807) is 61.0 Å². The van der Waals surface area contributed by atoms with Crippen LogP contribution in [0.5, 0.6) is 23.0 Å². The molecule has 7 aromatic rings. The second-order valence-electron chi connectivity index (χ2n) is 13.7. The summed E-state index contributed by atoms with van der Waals surface area (Å²) in [6.45, 7) is 4.16. The fraction of sp³-hybridized carbons (Fsp3) is 0.0870. The normalized spacial score (nSPS) is 12.5. The zero-order valence-corrected chi connectivity index (χ0v) is 31.0. The van der Waals surface area contributed by atoms with E-state index in [9.17, 15) is 30.8 Å². The molecule has 0 aliphatic carbocycles. The molecule has 55 heavy (non-hydrogen) atoms. The van der Waals surface area contributed by atoms with Gasteiger partial charge in [0.15, 0.2) is 0 Å². The summed E-state index contributed by atoms with van der Waals surface area (Å²) in [6, 6.07) is 47.1. The number of hydrogen-bond donors (Lipinski definition) is 6. The Kier molecular flexibility index (Phi) is 9.88. The molecule has 8 nitrogen and oxygen atoms in total. The molecule has 0 amide bonds. The van der Waals surface area contributed by atoms with Gasteiger partial charge in [-0.05, 0) is 108 Å². The zero-order valence-electron chi connectivity index (χ0n) is 30.2. The zero-order chi connectivity index (χ0) is 38.7. The highest BCUT2D eigenvalue weighted by Crippen LogP contribution is 2.42. The van der Waals surface area contributed by atoms with E-state index >= 15 is 0 Å². The maximum Gasteiger partial charge on any atom is 0.257 e. The van der Waals surface area contributed by atoms with Crippen molar-refractivity contribution in [2.75, 3.05) is 0 Å². The smallest absolute Gasteiger partial charge is 0.257 e. The fourth-order valence-corrected chi connectivity index (χ4v) is 7.82. The van der Waals surface area contributed by atoms with Gasteiger partial charge in [-0.1, -0.05) is 72.8 Å². The first kappa shape index (κ1) is 36.5. The van der Waals surface area contributed by atoms with Gasteiger partial charge in [0.2, 0.25) is 12.4 Å². The third-order valence-corrected chi connectivity index (χ3v) is 11.3. The number of aromatic hydroxyl groups is 4. The van der Waals surface area contributed by atoms with E-state index in [0.717, 1.165) is 52.6 Å². The van der Waals surface area contributed by atoms with Crippen LogP contribution in [0.2, 0.25) is 0 Å². The SMILES string of the molecule is CC(c1ccc(O)cc1)(c1ccc(O)cc1)c1ccc([N+](O)=Cc2ccc(C=[N+](O)c3ccc(C(C)(c4ccc(O)cc4)c4ccc(O)cc4)cc3)s2)cc1. The average Bonchev–Trinajstić information content (AvgIpc) is 3.64. The fourth-order valence-electron chi connectivity index (χ4n) is 6.97. The molecule has 0 atom stereocenters. The summed E-state index contributed by atoms with van der Waals surface area (Å²) < 4.78 is 2.12. The third-order valence-electron chi connectivity index (χ3n) is 10.3. The topological polar surface area (TPSA) is 127 Å². The second kappa shape index (κ2) is 14.9. The van der Waals surface area contributed by atoms with Crippen LogP contribution < -0.4 is 0 Å². The minimum atomic E-state index is -0.613. The van der Waals surface area contributed by atoms with Gasteiger partial charge in [0.25, 0.3) is 11.4 Å². The summed E-state index contributed by atoms with van der Waals surface area (Å²) in [5.74, 6) is 0.692. The quantitative estimate of drug-likeness (QED) is 0.0272. The van der Waals surface area contributed by atoms with Gasteiger partial charge in [-0.2, -0.15) is 0 Å². The minimum absolute atomic E-state index is 0.173. The number of phenols is 4. The molecular formula is C46H40N2O6S+2. The van der Waals surface area contributed by atoms with Crippen LogP contribution in [0.25, 0.3) is 0 Å². The lowest BCUT2D eigenvalue weighted by Gasteiger charge is -2.32. The van der Waals surface area contributed by atoms with Crippen LogP contribution >= 0.6 is 11.3 Å². The van der Waals surface area contributed by atoms with Crippen LogP contribution in [0.3, 0.4) is 0 Å². The van der Waals surface area contributed by atoms with Crippen molar-refractivity contribution in [1.29, 1.82) is 0 Å². The predicted molar refractivity (Wildman–Crippen MR) is 214 cm³/mol. The molecule has 6 aromatic carbocycles. The van der Waals surface area contributed by atoms with Crippen LogP contribution in [0.1, 0.15) is 57.0 Å². The van der Waals surface area contributed by atoms with Crippen LogP contribution in [0.4, 0.5) is 11.4 Å². The van der Waals surface area contributed by atoms with Gasteiger partial charge in [0, 0.05) is 44.6 Å². The Morgan fingerprint density at radius 1 is 0.364 bits per heavy atom. The molecule has 0 aliphatic heterocycles. The Bertz CT molecular complexity index is 2200. The largest absolute Gasteiger partial charge is 0.508 e. The van der Waals surface area contributed by atoms with Gasteiger partial charge in [-0.15, -0.1) is 11.3 Å². The van der Waals surface area contributed by atoms with Crippen molar-refractivity contribution in [3.8, 4) is 23.0 Å². The highest BCUT2D eigenvalue weighted by molar-refractivity contribution is 7.15. The van der Waals surface area contributed by atoms with Gasteiger partial charge in [-0.25, -0.2) is 0 Å². The lowest BCUT2D eigenvalue weighted by molar-refractivity contribution is -0.709. The van der Waals surface area contributed by atoms with Crippen molar-refractivity contribution in [2.24, 2.45) is 0 Å². The first-order valence-electron chi connectivity index (χ1n) is 17.6. The van der Waals surface area contributed by atoms with Crippen molar-refractivity contribution in [2.45, 2.75) is 24.7 Å². The molecule has 274 valence electrons. The van der Waals surface area contributed by atoms with Crippen molar-refractivity contribution in [1.82, 2.24) is 0 Å². The Morgan fingerprint density at radius 2 is 0.582 bits per heavy atom. The molecule has 9 heteroatoms. The van der Waals surface area contributed by atoms with E-state index in [1.165, 1.54) is 11.3 Å². The first-order valence-corrected chi connectivity index (χ1v) is 18.4. The summed E-state index contributed by atoms with van der Waals surface area (Å²) in [6.07, 6.45) is 3.22. The molecule has 0 saturated heterocycles. The van der Waals surface area contributed by atoms with E-state index < -0.39 is 10.8 Å². The summed E-state index contributed by atoms with van der Waals surface area (Å²) in [4.78, 5) is 1.52. The molecule has 0 spiro atoms. The maximum absolute atomic E-state index is 11.0. The second-order valence-corrected chi connectivity index (χ2v) is 14.9. The summed E-state index contributed by atoms with van der Waals surface area (Å²) in [7, 11) is 0. The highest BCUT2D eigenvalue weighted by Gasteiger charge is 2.33. The number of rotatable bonds is 10. The van der Waals surface area contributed by atoms with Crippen LogP contribution in [0, 0.1) is 0 Å². The van der Waals surface area contributed by atoms with E-state index in [-0.39, 0.29) is 23.0 Å². The molecule has 0 saturated carbocycles. The number of phenolic OH excluding ortho intramolecular Hbond substituents is 4. The van der Waals surface area contributed by atoms with Crippen molar-refractivity contribution < 1.29 is 40.3 Å². The van der Waals surface area contributed by atoms with Gasteiger partial charge in [-0.3, -0.25) is 10.4 Å². The Morgan fingerprint density at radius 3 is 0.818 bits per heavy atom. The third kappa shape index (κ3) is 7.38. The Labute approximate surface area is 322 Å². The van der Waals surface area contributed by atoms with Gasteiger partial charge < -0.3 is 20.4 Å². The standard InChI is InChI=1S/C46H38N2O6S/c1-45(33-7-19-39(49)20-8-33,34-9-21-40(50)22-10-34)31-3-15-37(16-4-31)47(53)29-43-27-28-44(55-43)30-48(54)38-17-5-32(6-18-38)46(2,35-11-23-41(51)24-12-35)36-13-25-42(52)26-14-36/h3-30H,1-2H3,(H4-2,49,50,51,52,53,54)/p+2. The van der Waals surface area contributed by atoms with Crippen molar-refractivity contribution in [3.05, 3.63) is 201 Å². The Balaban J connectivity index is 1.11. The lowest BCUT2D eigenvalue weighted by Crippen LogP contribution is -2.25. The van der Waals surface area contributed by atoms with Crippen molar-refractivity contribution in [3.63, 3.8) is 0 Å². The van der Waals surface area contributed by atoms with Crippen LogP contribution in [-0.4, -0.2) is 52.7 Å². The number of nitrogens with zero attached hydrogens (tertiary/aromatic N) is 2. The van der Waals surface area contributed by atoms with E-state index in [4.69, 9.17) is 0 Å². The number of hydrogen-bond acceptors (Lipinski definition) is 7. The molecule has 1 aromatic heterocycles. The Hall–Kier alpha value is -6.84. The molecule has 0 aliphatic rings. The summed E-state index contributed by atoms with van der Waals surface area (Å²) in [5, 5.41) is 61.8. The molecule has 0 fully saturated rings.